The summed E-state index contributed by atoms with van der Waals surface area (Å²) in [5.74, 6) is 0.359. The molecule has 10 heteroatoms. The highest BCUT2D eigenvalue weighted by atomic mass is 35.5. The van der Waals surface area contributed by atoms with Crippen LogP contribution in [0.15, 0.2) is 35.4 Å². The van der Waals surface area contributed by atoms with Gasteiger partial charge in [0.15, 0.2) is 0 Å². The lowest BCUT2D eigenvalue weighted by molar-refractivity contribution is -0.121. The van der Waals surface area contributed by atoms with E-state index in [1.165, 1.54) is 29.3 Å². The second-order valence-electron chi connectivity index (χ2n) is 7.82. The van der Waals surface area contributed by atoms with Gasteiger partial charge in [-0.3, -0.25) is 4.79 Å². The van der Waals surface area contributed by atoms with E-state index in [4.69, 9.17) is 23.2 Å². The normalized spacial score (nSPS) is 19.3. The summed E-state index contributed by atoms with van der Waals surface area (Å²) in [6, 6.07) is 6.77. The summed E-state index contributed by atoms with van der Waals surface area (Å²) in [7, 11) is -3.82. The topological polar surface area (TPSA) is 84.3 Å². The number of aromatic nitrogens is 2. The SMILES string of the molecule is O=C(Nc1ccnn1C1CCCC1)C1CCN(S(=O)(=O)c2c(Cl)cccc2Cl)CC1. The molecule has 1 saturated carbocycles. The zero-order valence-electron chi connectivity index (χ0n) is 16.4. The first-order valence-corrected chi connectivity index (χ1v) is 12.4. The van der Waals surface area contributed by atoms with Gasteiger partial charge in [-0.15, -0.1) is 0 Å². The van der Waals surface area contributed by atoms with Crippen LogP contribution in [0.25, 0.3) is 0 Å². The number of piperidine rings is 1. The van der Waals surface area contributed by atoms with Gasteiger partial charge in [0.25, 0.3) is 0 Å². The Hall–Kier alpha value is -1.61. The molecule has 1 aliphatic carbocycles. The van der Waals surface area contributed by atoms with Crippen LogP contribution in [0, 0.1) is 5.92 Å². The number of nitrogens with zero attached hydrogens (tertiary/aromatic N) is 3. The summed E-state index contributed by atoms with van der Waals surface area (Å²) in [6.45, 7) is 0.480. The van der Waals surface area contributed by atoms with Crippen LogP contribution < -0.4 is 5.32 Å². The van der Waals surface area contributed by atoms with E-state index >= 15 is 0 Å². The quantitative estimate of drug-likeness (QED) is 0.703. The van der Waals surface area contributed by atoms with Crippen molar-refractivity contribution in [1.29, 1.82) is 0 Å². The van der Waals surface area contributed by atoms with Gasteiger partial charge in [-0.05, 0) is 37.8 Å². The number of nitrogens with one attached hydrogen (secondary N) is 1. The maximum atomic E-state index is 13.0. The Morgan fingerprint density at radius 1 is 1.03 bits per heavy atom. The zero-order chi connectivity index (χ0) is 21.3. The number of benzene rings is 1. The van der Waals surface area contributed by atoms with Crippen molar-refractivity contribution in [3.8, 4) is 0 Å². The van der Waals surface area contributed by atoms with Gasteiger partial charge in [-0.1, -0.05) is 42.1 Å². The molecule has 0 atom stereocenters. The van der Waals surface area contributed by atoms with Crippen LogP contribution in [0.3, 0.4) is 0 Å². The molecule has 0 bridgehead atoms. The molecule has 1 aromatic carbocycles. The van der Waals surface area contributed by atoms with Crippen molar-refractivity contribution in [3.05, 3.63) is 40.5 Å². The third-order valence-corrected chi connectivity index (χ3v) is 8.79. The van der Waals surface area contributed by atoms with Crippen LogP contribution >= 0.6 is 23.2 Å². The average molecular weight is 471 g/mol. The first kappa shape index (κ1) is 21.6. The minimum absolute atomic E-state index is 0.0725. The minimum atomic E-state index is -3.82. The fourth-order valence-corrected chi connectivity index (χ4v) is 6.86. The van der Waals surface area contributed by atoms with Crippen molar-refractivity contribution < 1.29 is 13.2 Å². The number of hydrogen-bond acceptors (Lipinski definition) is 4. The van der Waals surface area contributed by atoms with Crippen LogP contribution in [-0.2, 0) is 14.8 Å². The predicted molar refractivity (Wildman–Crippen MR) is 116 cm³/mol. The van der Waals surface area contributed by atoms with Crippen molar-refractivity contribution in [2.45, 2.75) is 49.5 Å². The molecule has 7 nitrogen and oxygen atoms in total. The molecule has 2 aliphatic rings. The molecule has 1 saturated heterocycles. The van der Waals surface area contributed by atoms with Crippen LogP contribution in [0.2, 0.25) is 10.0 Å². The molecule has 2 aromatic rings. The maximum Gasteiger partial charge on any atom is 0.246 e. The Kier molecular flexibility index (Phi) is 6.39. The second-order valence-corrected chi connectivity index (χ2v) is 10.5. The van der Waals surface area contributed by atoms with E-state index in [-0.39, 0.29) is 39.9 Å². The van der Waals surface area contributed by atoms with Gasteiger partial charge in [0.2, 0.25) is 15.9 Å². The minimum Gasteiger partial charge on any atom is -0.311 e. The Morgan fingerprint density at radius 3 is 2.30 bits per heavy atom. The number of rotatable bonds is 5. The molecule has 1 aromatic heterocycles. The average Bonchev–Trinajstić information content (AvgIpc) is 3.39. The van der Waals surface area contributed by atoms with E-state index in [1.807, 2.05) is 10.7 Å². The first-order chi connectivity index (χ1) is 14.4. The maximum absolute atomic E-state index is 13.0. The highest BCUT2D eigenvalue weighted by Gasteiger charge is 2.34. The standard InChI is InChI=1S/C20H24Cl2N4O3S/c21-16-6-3-7-17(22)19(16)30(28,29)25-12-9-14(10-13-25)20(27)24-18-8-11-23-26(18)15-4-1-2-5-15/h3,6-8,11,14-15H,1-2,4-5,9-10,12-13H2,(H,24,27). The number of anilines is 1. The number of carbonyl (C=O) groups excluding carboxylic acids is 1. The third-order valence-electron chi connectivity index (χ3n) is 5.93. The van der Waals surface area contributed by atoms with Gasteiger partial charge in [0.1, 0.15) is 10.7 Å². The van der Waals surface area contributed by atoms with Crippen LogP contribution in [0.5, 0.6) is 0 Å². The Morgan fingerprint density at radius 2 is 1.67 bits per heavy atom. The van der Waals surface area contributed by atoms with Crippen LogP contribution in [0.4, 0.5) is 5.82 Å². The van der Waals surface area contributed by atoms with Gasteiger partial charge in [0, 0.05) is 25.1 Å². The predicted octanol–water partition coefficient (Wildman–Crippen LogP) is 4.34. The molecule has 1 N–H and O–H groups in total. The fraction of sp³-hybridized carbons (Fsp3) is 0.500. The number of halogens is 2. The van der Waals surface area contributed by atoms with E-state index in [9.17, 15) is 13.2 Å². The summed E-state index contributed by atoms with van der Waals surface area (Å²) in [5.41, 5.74) is 0. The fourth-order valence-electron chi connectivity index (χ4n) is 4.30. The highest BCUT2D eigenvalue weighted by molar-refractivity contribution is 7.89. The summed E-state index contributed by atoms with van der Waals surface area (Å²) >= 11 is 12.2. The molecule has 30 heavy (non-hydrogen) atoms. The van der Waals surface area contributed by atoms with Gasteiger partial charge >= 0.3 is 0 Å². The number of amides is 1. The van der Waals surface area contributed by atoms with Gasteiger partial charge in [0.05, 0.1) is 22.3 Å². The van der Waals surface area contributed by atoms with Crippen molar-refractivity contribution in [1.82, 2.24) is 14.1 Å². The summed E-state index contributed by atoms with van der Waals surface area (Å²) < 4.78 is 29.3. The molecular weight excluding hydrogens is 447 g/mol. The molecule has 1 amide bonds. The largest absolute Gasteiger partial charge is 0.311 e. The smallest absolute Gasteiger partial charge is 0.246 e. The highest BCUT2D eigenvalue weighted by Crippen LogP contribution is 2.34. The monoisotopic (exact) mass is 470 g/mol. The molecule has 162 valence electrons. The molecule has 2 heterocycles. The van der Waals surface area contributed by atoms with Crippen LogP contribution in [0.1, 0.15) is 44.6 Å². The second kappa shape index (κ2) is 8.86. The zero-order valence-corrected chi connectivity index (χ0v) is 18.8. The molecule has 0 radical (unpaired) electrons. The number of hydrogen-bond donors (Lipinski definition) is 1. The van der Waals surface area contributed by atoms with Gasteiger partial charge < -0.3 is 5.32 Å². The van der Waals surface area contributed by atoms with E-state index in [0.717, 1.165) is 12.8 Å². The molecular formula is C20H24Cl2N4O3S. The van der Waals surface area contributed by atoms with E-state index in [2.05, 4.69) is 10.4 Å². The molecule has 2 fully saturated rings. The van der Waals surface area contributed by atoms with Gasteiger partial charge in [-0.25, -0.2) is 13.1 Å². The van der Waals surface area contributed by atoms with E-state index < -0.39 is 10.0 Å². The third kappa shape index (κ3) is 4.23. The lowest BCUT2D eigenvalue weighted by atomic mass is 9.97. The first-order valence-electron chi connectivity index (χ1n) is 10.2. The number of sulfonamides is 1. The Balaban J connectivity index is 1.40. The molecule has 1 aliphatic heterocycles. The van der Waals surface area contributed by atoms with Crippen molar-refractivity contribution in [3.63, 3.8) is 0 Å². The lowest BCUT2D eigenvalue weighted by Crippen LogP contribution is -2.41. The Labute approximate surface area is 186 Å². The number of carbonyl (C=O) groups is 1. The Bertz CT molecular complexity index is 1010. The van der Waals surface area contributed by atoms with Crippen molar-refractivity contribution >= 4 is 45.0 Å². The summed E-state index contributed by atoms with van der Waals surface area (Å²) in [5, 5.41) is 7.57. The van der Waals surface area contributed by atoms with Crippen LogP contribution in [-0.4, -0.2) is 41.5 Å². The molecule has 4 rings (SSSR count). The van der Waals surface area contributed by atoms with Crippen molar-refractivity contribution in [2.75, 3.05) is 18.4 Å². The summed E-state index contributed by atoms with van der Waals surface area (Å²) in [6.07, 6.45) is 7.09. The van der Waals surface area contributed by atoms with Gasteiger partial charge in [-0.2, -0.15) is 9.40 Å². The lowest BCUT2D eigenvalue weighted by Gasteiger charge is -2.31. The van der Waals surface area contributed by atoms with Crippen molar-refractivity contribution in [2.24, 2.45) is 5.92 Å². The molecule has 0 unspecified atom stereocenters. The summed E-state index contributed by atoms with van der Waals surface area (Å²) in [4.78, 5) is 12.7. The van der Waals surface area contributed by atoms with E-state index in [1.54, 1.807) is 12.3 Å². The molecule has 0 spiro atoms. The van der Waals surface area contributed by atoms with E-state index in [0.29, 0.717) is 24.7 Å².